The van der Waals surface area contributed by atoms with E-state index in [2.05, 4.69) is 22.3 Å². The summed E-state index contributed by atoms with van der Waals surface area (Å²) in [5, 5.41) is 16.4. The minimum absolute atomic E-state index is 0.0280. The second-order valence-electron chi connectivity index (χ2n) is 7.13. The molecule has 9 nitrogen and oxygen atoms in total. The first kappa shape index (κ1) is 23.5. The Morgan fingerprint density at radius 2 is 2.00 bits per heavy atom. The Morgan fingerprint density at radius 3 is 2.70 bits per heavy atom. The van der Waals surface area contributed by atoms with E-state index < -0.39 is 5.97 Å². The summed E-state index contributed by atoms with van der Waals surface area (Å²) in [6.07, 6.45) is 0.0280. The number of esters is 1. The van der Waals surface area contributed by atoms with Gasteiger partial charge in [0, 0.05) is 37.2 Å². The summed E-state index contributed by atoms with van der Waals surface area (Å²) in [7, 11) is 4.41. The predicted octanol–water partition coefficient (Wildman–Crippen LogP) is 1.36. The lowest BCUT2D eigenvalue weighted by Crippen LogP contribution is -2.28. The lowest BCUT2D eigenvalue weighted by Gasteiger charge is -2.13. The number of carbonyl (C=O) groups excluding carboxylic acids is 3. The minimum Gasteiger partial charge on any atom is -0.464 e. The maximum atomic E-state index is 12.3. The lowest BCUT2D eigenvalue weighted by atomic mass is 10.1. The van der Waals surface area contributed by atoms with Crippen LogP contribution < -0.4 is 5.32 Å². The number of nitrogens with zero attached hydrogens (tertiary/aromatic N) is 3. The van der Waals surface area contributed by atoms with Gasteiger partial charge in [-0.15, -0.1) is 0 Å². The normalized spacial score (nSPS) is 10.3. The summed E-state index contributed by atoms with van der Waals surface area (Å²) in [6.45, 7) is 0.153. The van der Waals surface area contributed by atoms with E-state index in [9.17, 15) is 14.4 Å². The molecule has 0 aliphatic rings. The summed E-state index contributed by atoms with van der Waals surface area (Å²) in [5.74, 6) is 4.72. The largest absolute Gasteiger partial charge is 0.464 e. The van der Waals surface area contributed by atoms with Gasteiger partial charge < -0.3 is 20.1 Å². The second kappa shape index (κ2) is 10.4. The Kier molecular flexibility index (Phi) is 7.43. The van der Waals surface area contributed by atoms with Gasteiger partial charge in [-0.3, -0.25) is 9.59 Å². The molecule has 2 N–H and O–H groups in total. The van der Waals surface area contributed by atoms with Gasteiger partial charge in [-0.05, 0) is 36.4 Å². The SMILES string of the molecule is CNC(=O)c1ccc2c(c1)c(C(=O)OC)nn2-c1cccc(C#CCC(=O)N(C)CCO)c1. The molecule has 0 fully saturated rings. The molecule has 170 valence electrons. The van der Waals surface area contributed by atoms with Crippen LogP contribution in [0.1, 0.15) is 32.8 Å². The van der Waals surface area contributed by atoms with E-state index in [0.29, 0.717) is 27.7 Å². The predicted molar refractivity (Wildman–Crippen MR) is 122 cm³/mol. The highest BCUT2D eigenvalue weighted by atomic mass is 16.5. The van der Waals surface area contributed by atoms with Gasteiger partial charge >= 0.3 is 5.97 Å². The highest BCUT2D eigenvalue weighted by Gasteiger charge is 2.20. The van der Waals surface area contributed by atoms with Crippen LogP contribution in [0.15, 0.2) is 42.5 Å². The zero-order chi connectivity index (χ0) is 24.0. The monoisotopic (exact) mass is 448 g/mol. The van der Waals surface area contributed by atoms with Crippen LogP contribution in [0.4, 0.5) is 0 Å². The number of benzene rings is 2. The molecule has 0 saturated carbocycles. The molecule has 0 radical (unpaired) electrons. The van der Waals surface area contributed by atoms with Crippen molar-refractivity contribution in [2.75, 3.05) is 34.4 Å². The van der Waals surface area contributed by atoms with Crippen LogP contribution in [0.5, 0.6) is 0 Å². The molecule has 0 spiro atoms. The molecule has 3 rings (SSSR count). The van der Waals surface area contributed by atoms with Gasteiger partial charge in [-0.25, -0.2) is 9.48 Å². The Bertz CT molecular complexity index is 1270. The summed E-state index contributed by atoms with van der Waals surface area (Å²) in [6, 6.07) is 12.2. The third-order valence-electron chi connectivity index (χ3n) is 4.97. The average molecular weight is 448 g/mol. The smallest absolute Gasteiger partial charge is 0.359 e. The van der Waals surface area contributed by atoms with Crippen LogP contribution in [0.3, 0.4) is 0 Å². The molecule has 9 heteroatoms. The van der Waals surface area contributed by atoms with E-state index in [-0.39, 0.29) is 37.1 Å². The molecule has 0 aliphatic carbocycles. The number of carbonyl (C=O) groups is 3. The molecule has 3 aromatic rings. The highest BCUT2D eigenvalue weighted by molar-refractivity contribution is 6.05. The molecule has 2 aromatic carbocycles. The molecular formula is C24H24N4O5. The summed E-state index contributed by atoms with van der Waals surface area (Å²) in [5.41, 5.74) is 2.42. The van der Waals surface area contributed by atoms with E-state index in [1.165, 1.54) is 19.1 Å². The molecule has 0 bridgehead atoms. The van der Waals surface area contributed by atoms with Crippen molar-refractivity contribution < 1.29 is 24.2 Å². The third kappa shape index (κ3) is 5.19. The molecule has 2 amide bonds. The van der Waals surface area contributed by atoms with Gasteiger partial charge in [0.1, 0.15) is 0 Å². The van der Waals surface area contributed by atoms with Crippen molar-refractivity contribution >= 4 is 28.7 Å². The van der Waals surface area contributed by atoms with Gasteiger partial charge in [-0.1, -0.05) is 17.9 Å². The molecule has 0 unspecified atom stereocenters. The summed E-state index contributed by atoms with van der Waals surface area (Å²) < 4.78 is 6.45. The Hall–Kier alpha value is -4.16. The number of nitrogens with one attached hydrogen (secondary N) is 1. The number of aliphatic hydroxyl groups is 1. The molecule has 33 heavy (non-hydrogen) atoms. The van der Waals surface area contributed by atoms with Crippen LogP contribution in [-0.2, 0) is 9.53 Å². The van der Waals surface area contributed by atoms with Gasteiger partial charge in [0.2, 0.25) is 5.91 Å². The van der Waals surface area contributed by atoms with Crippen molar-refractivity contribution in [3.63, 3.8) is 0 Å². The van der Waals surface area contributed by atoms with Gasteiger partial charge in [0.25, 0.3) is 5.91 Å². The van der Waals surface area contributed by atoms with Crippen molar-refractivity contribution in [3.8, 4) is 17.5 Å². The van der Waals surface area contributed by atoms with Crippen LogP contribution in [0.2, 0.25) is 0 Å². The third-order valence-corrected chi connectivity index (χ3v) is 4.97. The number of likely N-dealkylation sites (N-methyl/N-ethyl adjacent to an activating group) is 1. The van der Waals surface area contributed by atoms with E-state index >= 15 is 0 Å². The van der Waals surface area contributed by atoms with E-state index in [0.717, 1.165) is 0 Å². The average Bonchev–Trinajstić information content (AvgIpc) is 3.22. The van der Waals surface area contributed by atoms with Crippen molar-refractivity contribution in [2.45, 2.75) is 6.42 Å². The number of rotatable bonds is 6. The number of methoxy groups -OCH3 is 1. The fourth-order valence-corrected chi connectivity index (χ4v) is 3.19. The van der Waals surface area contributed by atoms with Crippen LogP contribution in [-0.4, -0.2) is 71.9 Å². The molecule has 1 heterocycles. The Labute approximate surface area is 190 Å². The first-order valence-corrected chi connectivity index (χ1v) is 10.2. The number of hydrogen-bond donors (Lipinski definition) is 2. The quantitative estimate of drug-likeness (QED) is 0.435. The van der Waals surface area contributed by atoms with Crippen molar-refractivity contribution in [1.82, 2.24) is 20.0 Å². The topological polar surface area (TPSA) is 114 Å². The van der Waals surface area contributed by atoms with E-state index in [4.69, 9.17) is 9.84 Å². The number of fused-ring (bicyclic) bond motifs is 1. The fraction of sp³-hybridized carbons (Fsp3) is 0.250. The first-order valence-electron chi connectivity index (χ1n) is 10.2. The molecular weight excluding hydrogens is 424 g/mol. The zero-order valence-corrected chi connectivity index (χ0v) is 18.6. The zero-order valence-electron chi connectivity index (χ0n) is 18.6. The summed E-state index contributed by atoms with van der Waals surface area (Å²) >= 11 is 0. The standard InChI is InChI=1S/C24H24N4O5/c1-25-23(31)17-10-11-20-19(15-17)22(24(32)33-3)26-28(20)18-8-4-6-16(14-18)7-5-9-21(30)27(2)12-13-29/h4,6,8,10-11,14-15,29H,9,12-13H2,1-3H3,(H,25,31). The molecule has 0 aliphatic heterocycles. The highest BCUT2D eigenvalue weighted by Crippen LogP contribution is 2.25. The maximum Gasteiger partial charge on any atom is 0.359 e. The summed E-state index contributed by atoms with van der Waals surface area (Å²) in [4.78, 5) is 37.8. The first-order chi connectivity index (χ1) is 15.9. The van der Waals surface area contributed by atoms with Crippen molar-refractivity contribution in [2.24, 2.45) is 0 Å². The maximum absolute atomic E-state index is 12.3. The number of amides is 2. The van der Waals surface area contributed by atoms with Crippen LogP contribution >= 0.6 is 0 Å². The number of aromatic nitrogens is 2. The second-order valence-corrected chi connectivity index (χ2v) is 7.13. The fourth-order valence-electron chi connectivity index (χ4n) is 3.19. The van der Waals surface area contributed by atoms with Gasteiger partial charge in [0.05, 0.1) is 31.3 Å². The van der Waals surface area contributed by atoms with Crippen LogP contribution in [0, 0.1) is 11.8 Å². The molecule has 0 atom stereocenters. The van der Waals surface area contributed by atoms with E-state index in [1.54, 1.807) is 48.1 Å². The minimum atomic E-state index is -0.616. The molecule has 1 aromatic heterocycles. The van der Waals surface area contributed by atoms with Crippen LogP contribution in [0.25, 0.3) is 16.6 Å². The number of ether oxygens (including phenoxy) is 1. The molecule has 0 saturated heterocycles. The number of hydrogen-bond acceptors (Lipinski definition) is 6. The van der Waals surface area contributed by atoms with Gasteiger partial charge in [-0.2, -0.15) is 5.10 Å². The van der Waals surface area contributed by atoms with Crippen molar-refractivity contribution in [3.05, 3.63) is 59.3 Å². The number of aliphatic hydroxyl groups excluding tert-OH is 1. The van der Waals surface area contributed by atoms with Gasteiger partial charge in [0.15, 0.2) is 5.69 Å². The Balaban J connectivity index is 1.98. The lowest BCUT2D eigenvalue weighted by molar-refractivity contribution is -0.129. The van der Waals surface area contributed by atoms with Crippen molar-refractivity contribution in [1.29, 1.82) is 0 Å². The Morgan fingerprint density at radius 1 is 1.21 bits per heavy atom. The van der Waals surface area contributed by atoms with E-state index in [1.807, 2.05) is 6.07 Å².